The molecule has 8 heteroatoms. The fourth-order valence-corrected chi connectivity index (χ4v) is 2.96. The highest BCUT2D eigenvalue weighted by molar-refractivity contribution is 5.91. The molecular formula is C19H24N4O4. The molecule has 2 heterocycles. The van der Waals surface area contributed by atoms with Gasteiger partial charge in [-0.25, -0.2) is 4.98 Å². The number of morpholine rings is 1. The second-order valence-corrected chi connectivity index (χ2v) is 6.37. The van der Waals surface area contributed by atoms with Crippen LogP contribution in [0.15, 0.2) is 35.1 Å². The Hall–Kier alpha value is -2.71. The Labute approximate surface area is 157 Å². The van der Waals surface area contributed by atoms with Crippen LogP contribution in [0.1, 0.15) is 11.3 Å². The van der Waals surface area contributed by atoms with Gasteiger partial charge in [0.05, 0.1) is 25.5 Å². The lowest BCUT2D eigenvalue weighted by molar-refractivity contribution is -0.116. The molecule has 1 aromatic carbocycles. The van der Waals surface area contributed by atoms with E-state index in [-0.39, 0.29) is 24.6 Å². The first-order valence-corrected chi connectivity index (χ1v) is 8.86. The zero-order chi connectivity index (χ0) is 19.2. The van der Waals surface area contributed by atoms with Crippen LogP contribution in [0.3, 0.4) is 0 Å². The minimum atomic E-state index is -0.279. The number of carbonyl (C=O) groups excluding carboxylic acids is 1. The Kier molecular flexibility index (Phi) is 6.20. The van der Waals surface area contributed by atoms with Crippen molar-refractivity contribution in [2.45, 2.75) is 20.1 Å². The first-order valence-electron chi connectivity index (χ1n) is 8.86. The van der Waals surface area contributed by atoms with E-state index in [2.05, 4.69) is 10.3 Å². The third-order valence-corrected chi connectivity index (χ3v) is 4.35. The van der Waals surface area contributed by atoms with Gasteiger partial charge in [-0.3, -0.25) is 14.2 Å². The third-order valence-electron chi connectivity index (χ3n) is 4.35. The molecule has 0 bridgehead atoms. The van der Waals surface area contributed by atoms with Crippen LogP contribution in [0, 0.1) is 6.92 Å². The SMILES string of the molecule is COCc1cc(=O)n(CC(=O)Nc2ccccc2C)c(N2CCOCC2)n1. The summed E-state index contributed by atoms with van der Waals surface area (Å²) in [5.41, 5.74) is 1.95. The van der Waals surface area contributed by atoms with E-state index in [1.54, 1.807) is 7.11 Å². The monoisotopic (exact) mass is 372 g/mol. The molecule has 1 saturated heterocycles. The number of carbonyl (C=O) groups is 1. The van der Waals surface area contributed by atoms with Crippen molar-refractivity contribution in [3.8, 4) is 0 Å². The molecule has 0 spiro atoms. The standard InChI is InChI=1S/C19H24N4O4/c1-14-5-3-4-6-16(14)21-17(24)12-23-18(25)11-15(13-26-2)20-19(23)22-7-9-27-10-8-22/h3-6,11H,7-10,12-13H2,1-2H3,(H,21,24). The molecule has 0 radical (unpaired) electrons. The first-order chi connectivity index (χ1) is 13.1. The molecule has 8 nitrogen and oxygen atoms in total. The second-order valence-electron chi connectivity index (χ2n) is 6.37. The number of ether oxygens (including phenoxy) is 2. The van der Waals surface area contributed by atoms with Gasteiger partial charge >= 0.3 is 0 Å². The van der Waals surface area contributed by atoms with Gasteiger partial charge in [0, 0.05) is 32.0 Å². The van der Waals surface area contributed by atoms with Crippen LogP contribution >= 0.6 is 0 Å². The first kappa shape index (κ1) is 19.1. The molecule has 3 rings (SSSR count). The van der Waals surface area contributed by atoms with Gasteiger partial charge < -0.3 is 19.7 Å². The molecule has 2 aromatic rings. The van der Waals surface area contributed by atoms with E-state index in [1.807, 2.05) is 36.1 Å². The average molecular weight is 372 g/mol. The largest absolute Gasteiger partial charge is 0.378 e. The van der Waals surface area contributed by atoms with Crippen molar-refractivity contribution >= 4 is 17.5 Å². The summed E-state index contributed by atoms with van der Waals surface area (Å²) in [5, 5.41) is 2.86. The van der Waals surface area contributed by atoms with Crippen molar-refractivity contribution in [2.24, 2.45) is 0 Å². The summed E-state index contributed by atoms with van der Waals surface area (Å²) in [6.45, 7) is 4.38. The Morgan fingerprint density at radius 1 is 1.30 bits per heavy atom. The molecule has 0 unspecified atom stereocenters. The number of hydrogen-bond acceptors (Lipinski definition) is 6. The zero-order valence-corrected chi connectivity index (χ0v) is 15.6. The number of nitrogens with zero attached hydrogens (tertiary/aromatic N) is 3. The molecule has 1 amide bonds. The lowest BCUT2D eigenvalue weighted by atomic mass is 10.2. The van der Waals surface area contributed by atoms with Crippen molar-refractivity contribution in [1.82, 2.24) is 9.55 Å². The Balaban J connectivity index is 1.87. The summed E-state index contributed by atoms with van der Waals surface area (Å²) in [5.74, 6) is 0.194. The molecule has 27 heavy (non-hydrogen) atoms. The van der Waals surface area contributed by atoms with E-state index in [4.69, 9.17) is 9.47 Å². The maximum Gasteiger partial charge on any atom is 0.255 e. The van der Waals surface area contributed by atoms with E-state index in [1.165, 1.54) is 10.6 Å². The zero-order valence-electron chi connectivity index (χ0n) is 15.6. The minimum absolute atomic E-state index is 0.111. The van der Waals surface area contributed by atoms with Crippen LogP contribution in [0.5, 0.6) is 0 Å². The van der Waals surface area contributed by atoms with E-state index in [0.717, 1.165) is 11.3 Å². The Bertz CT molecular complexity index is 859. The Morgan fingerprint density at radius 2 is 2.04 bits per heavy atom. The summed E-state index contributed by atoms with van der Waals surface area (Å²) in [6.07, 6.45) is 0. The normalized spacial score (nSPS) is 14.2. The number of para-hydroxylation sites is 1. The van der Waals surface area contributed by atoms with Crippen molar-refractivity contribution in [2.75, 3.05) is 43.6 Å². The molecule has 1 N–H and O–H groups in total. The highest BCUT2D eigenvalue weighted by atomic mass is 16.5. The van der Waals surface area contributed by atoms with E-state index in [0.29, 0.717) is 37.9 Å². The van der Waals surface area contributed by atoms with Crippen molar-refractivity contribution in [3.63, 3.8) is 0 Å². The number of methoxy groups -OCH3 is 1. The van der Waals surface area contributed by atoms with Gasteiger partial charge in [-0.2, -0.15) is 0 Å². The van der Waals surface area contributed by atoms with Crippen LogP contribution in [0.4, 0.5) is 11.6 Å². The predicted molar refractivity (Wildman–Crippen MR) is 102 cm³/mol. The van der Waals surface area contributed by atoms with Gasteiger partial charge in [0.15, 0.2) is 0 Å². The smallest absolute Gasteiger partial charge is 0.255 e. The predicted octanol–water partition coefficient (Wildman–Crippen LogP) is 1.17. The van der Waals surface area contributed by atoms with Crippen molar-refractivity contribution in [1.29, 1.82) is 0 Å². The molecule has 0 saturated carbocycles. The van der Waals surface area contributed by atoms with Gasteiger partial charge in [-0.1, -0.05) is 18.2 Å². The lowest BCUT2D eigenvalue weighted by Gasteiger charge is -2.29. The van der Waals surface area contributed by atoms with Gasteiger partial charge in [0.1, 0.15) is 6.54 Å². The average Bonchev–Trinajstić information content (AvgIpc) is 2.66. The summed E-state index contributed by atoms with van der Waals surface area (Å²) < 4.78 is 11.9. The summed E-state index contributed by atoms with van der Waals surface area (Å²) in [7, 11) is 1.55. The molecule has 1 fully saturated rings. The highest BCUT2D eigenvalue weighted by Gasteiger charge is 2.20. The Morgan fingerprint density at radius 3 is 2.74 bits per heavy atom. The third kappa shape index (κ3) is 4.72. The van der Waals surface area contributed by atoms with Gasteiger partial charge in [0.2, 0.25) is 11.9 Å². The molecule has 1 aromatic heterocycles. The van der Waals surface area contributed by atoms with Crippen LogP contribution in [0.25, 0.3) is 0 Å². The molecule has 144 valence electrons. The summed E-state index contributed by atoms with van der Waals surface area (Å²) in [6, 6.07) is 8.93. The maximum atomic E-state index is 12.7. The quantitative estimate of drug-likeness (QED) is 0.819. The van der Waals surface area contributed by atoms with Crippen molar-refractivity contribution in [3.05, 3.63) is 51.9 Å². The number of benzene rings is 1. The highest BCUT2D eigenvalue weighted by Crippen LogP contribution is 2.15. The molecule has 0 aliphatic carbocycles. The van der Waals surface area contributed by atoms with E-state index >= 15 is 0 Å². The minimum Gasteiger partial charge on any atom is -0.378 e. The van der Waals surface area contributed by atoms with Crippen LogP contribution < -0.4 is 15.8 Å². The van der Waals surface area contributed by atoms with Crippen LogP contribution in [-0.4, -0.2) is 48.9 Å². The number of nitrogens with one attached hydrogen (secondary N) is 1. The number of hydrogen-bond donors (Lipinski definition) is 1. The van der Waals surface area contributed by atoms with Crippen LogP contribution in [0.2, 0.25) is 0 Å². The number of aromatic nitrogens is 2. The number of anilines is 2. The molecule has 1 aliphatic rings. The van der Waals surface area contributed by atoms with Gasteiger partial charge in [0.25, 0.3) is 5.56 Å². The van der Waals surface area contributed by atoms with Gasteiger partial charge in [-0.05, 0) is 18.6 Å². The molecule has 0 atom stereocenters. The van der Waals surface area contributed by atoms with Crippen LogP contribution in [-0.2, 0) is 27.4 Å². The van der Waals surface area contributed by atoms with E-state index in [9.17, 15) is 9.59 Å². The van der Waals surface area contributed by atoms with Gasteiger partial charge in [-0.15, -0.1) is 0 Å². The topological polar surface area (TPSA) is 85.7 Å². The molecule has 1 aliphatic heterocycles. The number of amides is 1. The lowest BCUT2D eigenvalue weighted by Crippen LogP contribution is -2.42. The molecular weight excluding hydrogens is 348 g/mol. The van der Waals surface area contributed by atoms with E-state index < -0.39 is 0 Å². The summed E-state index contributed by atoms with van der Waals surface area (Å²) >= 11 is 0. The summed E-state index contributed by atoms with van der Waals surface area (Å²) in [4.78, 5) is 31.7. The number of aryl methyl sites for hydroxylation is 1. The number of rotatable bonds is 6. The van der Waals surface area contributed by atoms with Crippen molar-refractivity contribution < 1.29 is 14.3 Å². The fourth-order valence-electron chi connectivity index (χ4n) is 2.96. The fraction of sp³-hybridized carbons (Fsp3) is 0.421. The second kappa shape index (κ2) is 8.79. The maximum absolute atomic E-state index is 12.7.